The molecule has 2 rings (SSSR count). The van der Waals surface area contributed by atoms with Crippen LogP contribution in [0.4, 0.5) is 0 Å². The standard InChI is InChI=1S/C16H10.2Na.2H/c1-3-13-5-9-15(10-6-13)16-11-7-14(4-2)8-12-16;;;;/h1-2,5-12H;;;;. The maximum atomic E-state index is 5.30. The molecule has 0 saturated heterocycles. The summed E-state index contributed by atoms with van der Waals surface area (Å²) in [7, 11) is 0. The third kappa shape index (κ3) is 4.34. The molecular formula is C16H12Na2. The summed E-state index contributed by atoms with van der Waals surface area (Å²) < 4.78 is 0. The van der Waals surface area contributed by atoms with Crippen LogP contribution in [0.3, 0.4) is 0 Å². The molecule has 0 saturated carbocycles. The van der Waals surface area contributed by atoms with E-state index in [0.717, 1.165) is 22.3 Å². The normalized spacial score (nSPS) is 8.11. The Balaban J connectivity index is 0.00000144. The van der Waals surface area contributed by atoms with E-state index in [9.17, 15) is 0 Å². The number of hydrogen-bond acceptors (Lipinski definition) is 0. The molecule has 0 fully saturated rings. The summed E-state index contributed by atoms with van der Waals surface area (Å²) in [5.74, 6) is 5.19. The zero-order chi connectivity index (χ0) is 11.4. The predicted molar refractivity (Wildman–Crippen MR) is 82.0 cm³/mol. The molecule has 0 aliphatic carbocycles. The SMILES string of the molecule is C#Cc1ccc(-c2ccc(C#C)cc2)cc1.[NaH].[NaH]. The molecule has 0 nitrogen and oxygen atoms in total. The molecule has 0 aliphatic rings. The number of hydrogen-bond donors (Lipinski definition) is 0. The summed E-state index contributed by atoms with van der Waals surface area (Å²) in [4.78, 5) is 0. The maximum absolute atomic E-state index is 5.30. The van der Waals surface area contributed by atoms with Crippen LogP contribution in [-0.4, -0.2) is 59.1 Å². The van der Waals surface area contributed by atoms with E-state index in [0.29, 0.717) is 0 Å². The van der Waals surface area contributed by atoms with Crippen molar-refractivity contribution in [3.8, 4) is 35.8 Å². The third-order valence-electron chi connectivity index (χ3n) is 2.44. The van der Waals surface area contributed by atoms with Crippen LogP contribution >= 0.6 is 0 Å². The fraction of sp³-hybridized carbons (Fsp3) is 0. The summed E-state index contributed by atoms with van der Waals surface area (Å²) in [5.41, 5.74) is 4.07. The second kappa shape index (κ2) is 8.63. The van der Waals surface area contributed by atoms with Crippen LogP contribution < -0.4 is 0 Å². The van der Waals surface area contributed by atoms with Gasteiger partial charge in [0.05, 0.1) is 0 Å². The zero-order valence-electron chi connectivity index (χ0n) is 8.77. The third-order valence-corrected chi connectivity index (χ3v) is 2.44. The first-order chi connectivity index (χ1) is 7.83. The minimum atomic E-state index is 0. The second-order valence-electron chi connectivity index (χ2n) is 3.44. The molecule has 2 heteroatoms. The fourth-order valence-corrected chi connectivity index (χ4v) is 1.52. The van der Waals surface area contributed by atoms with E-state index in [4.69, 9.17) is 12.8 Å². The van der Waals surface area contributed by atoms with E-state index in [1.54, 1.807) is 0 Å². The van der Waals surface area contributed by atoms with Crippen LogP contribution in [0.5, 0.6) is 0 Å². The molecule has 0 heterocycles. The van der Waals surface area contributed by atoms with Crippen molar-refractivity contribution >= 4 is 59.1 Å². The Morgan fingerprint density at radius 1 is 0.556 bits per heavy atom. The summed E-state index contributed by atoms with van der Waals surface area (Å²) in [6, 6.07) is 15.8. The first-order valence-electron chi connectivity index (χ1n) is 4.97. The van der Waals surface area contributed by atoms with Crippen molar-refractivity contribution in [2.75, 3.05) is 0 Å². The van der Waals surface area contributed by atoms with Crippen molar-refractivity contribution < 1.29 is 0 Å². The van der Waals surface area contributed by atoms with Crippen LogP contribution in [0.1, 0.15) is 11.1 Å². The van der Waals surface area contributed by atoms with Crippen LogP contribution in [0, 0.1) is 24.7 Å². The Morgan fingerprint density at radius 3 is 1.06 bits per heavy atom. The molecule has 78 valence electrons. The average Bonchev–Trinajstić information content (AvgIpc) is 2.39. The van der Waals surface area contributed by atoms with E-state index in [-0.39, 0.29) is 59.1 Å². The summed E-state index contributed by atoms with van der Waals surface area (Å²) >= 11 is 0. The summed E-state index contributed by atoms with van der Waals surface area (Å²) in [6.45, 7) is 0. The van der Waals surface area contributed by atoms with Gasteiger partial charge in [-0.15, -0.1) is 12.8 Å². The van der Waals surface area contributed by atoms with Crippen LogP contribution in [0.15, 0.2) is 48.5 Å². The topological polar surface area (TPSA) is 0 Å². The first-order valence-corrected chi connectivity index (χ1v) is 4.97. The van der Waals surface area contributed by atoms with Crippen molar-refractivity contribution in [1.82, 2.24) is 0 Å². The van der Waals surface area contributed by atoms with Gasteiger partial charge in [-0.25, -0.2) is 0 Å². The van der Waals surface area contributed by atoms with E-state index >= 15 is 0 Å². The van der Waals surface area contributed by atoms with Crippen molar-refractivity contribution in [3.63, 3.8) is 0 Å². The Hall–Kier alpha value is -0.440. The molecule has 18 heavy (non-hydrogen) atoms. The van der Waals surface area contributed by atoms with E-state index in [1.807, 2.05) is 48.5 Å². The Kier molecular flexibility index (Phi) is 8.41. The molecule has 0 atom stereocenters. The quantitative estimate of drug-likeness (QED) is 0.536. The van der Waals surface area contributed by atoms with Gasteiger partial charge in [0.1, 0.15) is 0 Å². The predicted octanol–water partition coefficient (Wildman–Crippen LogP) is 2.02. The molecule has 0 amide bonds. The van der Waals surface area contributed by atoms with Crippen LogP contribution in [0.2, 0.25) is 0 Å². The van der Waals surface area contributed by atoms with Gasteiger partial charge in [-0.2, -0.15) is 0 Å². The van der Waals surface area contributed by atoms with Gasteiger partial charge in [0.15, 0.2) is 0 Å². The molecule has 0 aliphatic heterocycles. The summed E-state index contributed by atoms with van der Waals surface area (Å²) in [5, 5.41) is 0. The van der Waals surface area contributed by atoms with Gasteiger partial charge >= 0.3 is 59.1 Å². The van der Waals surface area contributed by atoms with Crippen LogP contribution in [0.25, 0.3) is 11.1 Å². The minimum absolute atomic E-state index is 0. The number of rotatable bonds is 1. The molecule has 0 aromatic heterocycles. The monoisotopic (exact) mass is 250 g/mol. The van der Waals surface area contributed by atoms with Gasteiger partial charge in [-0.1, -0.05) is 36.1 Å². The molecule has 0 spiro atoms. The molecule has 0 bridgehead atoms. The van der Waals surface area contributed by atoms with Crippen molar-refractivity contribution in [3.05, 3.63) is 59.7 Å². The van der Waals surface area contributed by atoms with Crippen LogP contribution in [-0.2, 0) is 0 Å². The number of benzene rings is 2. The molecule has 0 unspecified atom stereocenters. The van der Waals surface area contributed by atoms with E-state index in [2.05, 4.69) is 11.8 Å². The summed E-state index contributed by atoms with van der Waals surface area (Å²) in [6.07, 6.45) is 10.6. The fourth-order valence-electron chi connectivity index (χ4n) is 1.52. The Morgan fingerprint density at radius 2 is 0.833 bits per heavy atom. The molecule has 0 radical (unpaired) electrons. The molecule has 0 N–H and O–H groups in total. The second-order valence-corrected chi connectivity index (χ2v) is 3.44. The van der Waals surface area contributed by atoms with Gasteiger partial charge in [0, 0.05) is 11.1 Å². The first kappa shape index (κ1) is 17.6. The van der Waals surface area contributed by atoms with Gasteiger partial charge in [0.25, 0.3) is 0 Å². The van der Waals surface area contributed by atoms with Gasteiger partial charge in [-0.3, -0.25) is 0 Å². The Labute approximate surface area is 153 Å². The average molecular weight is 250 g/mol. The zero-order valence-corrected chi connectivity index (χ0v) is 8.77. The van der Waals surface area contributed by atoms with E-state index in [1.165, 1.54) is 0 Å². The molecular weight excluding hydrogens is 238 g/mol. The van der Waals surface area contributed by atoms with Gasteiger partial charge < -0.3 is 0 Å². The molecule has 2 aromatic carbocycles. The van der Waals surface area contributed by atoms with Gasteiger partial charge in [-0.05, 0) is 35.4 Å². The number of terminal acetylenes is 2. The van der Waals surface area contributed by atoms with Crippen molar-refractivity contribution in [2.45, 2.75) is 0 Å². The molecule has 2 aromatic rings. The van der Waals surface area contributed by atoms with E-state index < -0.39 is 0 Å². The van der Waals surface area contributed by atoms with Gasteiger partial charge in [0.2, 0.25) is 0 Å². The van der Waals surface area contributed by atoms with Crippen molar-refractivity contribution in [1.29, 1.82) is 0 Å². The van der Waals surface area contributed by atoms with Crippen molar-refractivity contribution in [2.24, 2.45) is 0 Å². The Bertz CT molecular complexity index is 511.